The maximum Gasteiger partial charge on any atom is 0.107 e. The van der Waals surface area contributed by atoms with Gasteiger partial charge in [0.15, 0.2) is 0 Å². The third-order valence-corrected chi connectivity index (χ3v) is 3.23. The molecule has 0 saturated heterocycles. The maximum absolute atomic E-state index is 5.79. The molecule has 2 heterocycles. The monoisotopic (exact) mass is 286 g/mol. The number of pyridine rings is 2. The molecule has 0 bridgehead atoms. The molecule has 4 nitrogen and oxygen atoms in total. The fourth-order valence-corrected chi connectivity index (χ4v) is 2.42. The molecule has 0 aromatic carbocycles. The molecule has 0 unspecified atom stereocenters. The molecule has 0 fully saturated rings. The molecule has 5 heteroatoms. The van der Waals surface area contributed by atoms with Crippen LogP contribution in [0.2, 0.25) is 0 Å². The van der Waals surface area contributed by atoms with Crippen molar-refractivity contribution < 1.29 is 0 Å². The molecule has 2 aromatic heterocycles. The van der Waals surface area contributed by atoms with E-state index in [0.29, 0.717) is 4.99 Å². The number of aromatic nitrogens is 2. The van der Waals surface area contributed by atoms with Crippen LogP contribution in [0.15, 0.2) is 30.6 Å². The highest BCUT2D eigenvalue weighted by atomic mass is 32.1. The van der Waals surface area contributed by atoms with Crippen molar-refractivity contribution in [1.82, 2.24) is 9.97 Å². The summed E-state index contributed by atoms with van der Waals surface area (Å²) in [7, 11) is 0. The van der Waals surface area contributed by atoms with Gasteiger partial charge in [-0.2, -0.15) is 0 Å². The van der Waals surface area contributed by atoms with Gasteiger partial charge in [-0.05, 0) is 38.0 Å². The number of nitrogens with two attached hydrogens (primary N) is 1. The van der Waals surface area contributed by atoms with Gasteiger partial charge in [-0.15, -0.1) is 0 Å². The number of rotatable bonds is 5. The molecule has 0 aliphatic carbocycles. The minimum Gasteiger partial charge on any atom is -0.389 e. The van der Waals surface area contributed by atoms with E-state index in [1.165, 1.54) is 5.56 Å². The van der Waals surface area contributed by atoms with Gasteiger partial charge in [0.2, 0.25) is 0 Å². The summed E-state index contributed by atoms with van der Waals surface area (Å²) in [5, 5.41) is 3.39. The highest BCUT2D eigenvalue weighted by molar-refractivity contribution is 7.80. The van der Waals surface area contributed by atoms with Crippen LogP contribution in [0.4, 0.5) is 5.69 Å². The number of anilines is 1. The fourth-order valence-electron chi connectivity index (χ4n) is 2.17. The van der Waals surface area contributed by atoms with E-state index in [1.54, 1.807) is 6.20 Å². The van der Waals surface area contributed by atoms with E-state index in [2.05, 4.69) is 21.4 Å². The van der Waals surface area contributed by atoms with Gasteiger partial charge < -0.3 is 11.1 Å². The fraction of sp³-hybridized carbons (Fsp3) is 0.267. The van der Waals surface area contributed by atoms with Gasteiger partial charge in [0.25, 0.3) is 0 Å². The summed E-state index contributed by atoms with van der Waals surface area (Å²) in [6, 6.07) is 5.98. The number of thiocarbonyl (C=S) groups is 1. The first kappa shape index (κ1) is 14.4. The predicted molar refractivity (Wildman–Crippen MR) is 86.0 cm³/mol. The van der Waals surface area contributed by atoms with Gasteiger partial charge in [0, 0.05) is 36.0 Å². The second kappa shape index (κ2) is 6.43. The Morgan fingerprint density at radius 3 is 2.85 bits per heavy atom. The molecule has 20 heavy (non-hydrogen) atoms. The Morgan fingerprint density at radius 1 is 1.40 bits per heavy atom. The Hall–Kier alpha value is -2.01. The summed E-state index contributed by atoms with van der Waals surface area (Å²) in [4.78, 5) is 8.88. The summed E-state index contributed by atoms with van der Waals surface area (Å²) in [5.74, 6) is 0. The smallest absolute Gasteiger partial charge is 0.107 e. The lowest BCUT2D eigenvalue weighted by Crippen LogP contribution is -2.17. The van der Waals surface area contributed by atoms with E-state index in [0.717, 1.165) is 35.6 Å². The minimum atomic E-state index is 0.374. The van der Waals surface area contributed by atoms with E-state index in [4.69, 9.17) is 18.0 Å². The summed E-state index contributed by atoms with van der Waals surface area (Å²) >= 11 is 5.11. The highest BCUT2D eigenvalue weighted by Crippen LogP contribution is 2.19. The first-order valence-electron chi connectivity index (χ1n) is 6.48. The Morgan fingerprint density at radius 2 is 2.20 bits per heavy atom. The Balaban J connectivity index is 2.11. The van der Waals surface area contributed by atoms with Gasteiger partial charge in [0.1, 0.15) is 4.99 Å². The first-order valence-corrected chi connectivity index (χ1v) is 6.89. The van der Waals surface area contributed by atoms with Crippen LogP contribution in [0.1, 0.15) is 22.5 Å². The number of nitrogens with one attached hydrogen (secondary N) is 1. The molecule has 0 aliphatic rings. The van der Waals surface area contributed by atoms with Crippen LogP contribution in [-0.4, -0.2) is 21.5 Å². The molecule has 104 valence electrons. The van der Waals surface area contributed by atoms with Gasteiger partial charge in [-0.1, -0.05) is 18.3 Å². The molecule has 0 atom stereocenters. The third-order valence-electron chi connectivity index (χ3n) is 3.03. The minimum absolute atomic E-state index is 0.374. The van der Waals surface area contributed by atoms with Crippen molar-refractivity contribution in [2.24, 2.45) is 5.73 Å². The molecule has 0 amide bonds. The Bertz CT molecular complexity index is 611. The number of hydrogen-bond donors (Lipinski definition) is 2. The lowest BCUT2D eigenvalue weighted by atomic mass is 10.1. The largest absolute Gasteiger partial charge is 0.389 e. The van der Waals surface area contributed by atoms with Gasteiger partial charge >= 0.3 is 0 Å². The topological polar surface area (TPSA) is 63.8 Å². The normalized spacial score (nSPS) is 10.3. The van der Waals surface area contributed by atoms with E-state index < -0.39 is 0 Å². The second-order valence-electron chi connectivity index (χ2n) is 4.67. The van der Waals surface area contributed by atoms with Crippen molar-refractivity contribution in [3.8, 4) is 0 Å². The molecule has 0 spiro atoms. The highest BCUT2D eigenvalue weighted by Gasteiger charge is 2.10. The van der Waals surface area contributed by atoms with E-state index in [9.17, 15) is 0 Å². The van der Waals surface area contributed by atoms with Gasteiger partial charge in [-0.3, -0.25) is 9.97 Å². The van der Waals surface area contributed by atoms with E-state index in [-0.39, 0.29) is 0 Å². The Kier molecular flexibility index (Phi) is 4.63. The predicted octanol–water partition coefficient (Wildman–Crippen LogP) is 2.38. The molecular weight excluding hydrogens is 268 g/mol. The standard InChI is InChI=1S/C15H18N4S/c1-10-8-13(14(15(16)20)11(2)19-10)18-7-5-12-4-3-6-17-9-12/h3-4,6,8-9H,5,7H2,1-2H3,(H2,16,20)(H,18,19). The van der Waals surface area contributed by atoms with Crippen LogP contribution in [0, 0.1) is 13.8 Å². The van der Waals surface area contributed by atoms with Crippen molar-refractivity contribution in [1.29, 1.82) is 0 Å². The van der Waals surface area contributed by atoms with Crippen LogP contribution in [0.3, 0.4) is 0 Å². The molecule has 0 aliphatic heterocycles. The summed E-state index contributed by atoms with van der Waals surface area (Å²) in [5.41, 5.74) is 10.6. The maximum atomic E-state index is 5.79. The van der Waals surface area contributed by atoms with Crippen molar-refractivity contribution in [2.45, 2.75) is 20.3 Å². The number of hydrogen-bond acceptors (Lipinski definition) is 4. The average Bonchev–Trinajstić information content (AvgIpc) is 2.38. The second-order valence-corrected chi connectivity index (χ2v) is 5.11. The number of aryl methyl sites for hydroxylation is 2. The van der Waals surface area contributed by atoms with E-state index in [1.807, 2.05) is 32.2 Å². The first-order chi connectivity index (χ1) is 9.58. The molecule has 3 N–H and O–H groups in total. The quantitative estimate of drug-likeness (QED) is 0.826. The zero-order valence-electron chi connectivity index (χ0n) is 11.7. The van der Waals surface area contributed by atoms with Crippen LogP contribution in [0.25, 0.3) is 0 Å². The lowest BCUT2D eigenvalue weighted by molar-refractivity contribution is 0.998. The van der Waals surface area contributed by atoms with Gasteiger partial charge in [0.05, 0.1) is 5.56 Å². The van der Waals surface area contributed by atoms with Crippen LogP contribution in [-0.2, 0) is 6.42 Å². The molecular formula is C15H18N4S. The Labute approximate surface area is 124 Å². The lowest BCUT2D eigenvalue weighted by Gasteiger charge is -2.14. The zero-order chi connectivity index (χ0) is 14.5. The SMILES string of the molecule is Cc1cc(NCCc2cccnc2)c(C(N)=S)c(C)n1. The van der Waals surface area contributed by atoms with Crippen molar-refractivity contribution in [2.75, 3.05) is 11.9 Å². The summed E-state index contributed by atoms with van der Waals surface area (Å²) in [6.45, 7) is 4.68. The van der Waals surface area contributed by atoms with Crippen molar-refractivity contribution in [3.63, 3.8) is 0 Å². The molecule has 0 radical (unpaired) electrons. The average molecular weight is 286 g/mol. The molecule has 0 saturated carbocycles. The van der Waals surface area contributed by atoms with Crippen LogP contribution >= 0.6 is 12.2 Å². The van der Waals surface area contributed by atoms with E-state index >= 15 is 0 Å². The van der Waals surface area contributed by atoms with Gasteiger partial charge in [-0.25, -0.2) is 0 Å². The summed E-state index contributed by atoms with van der Waals surface area (Å²) in [6.07, 6.45) is 4.54. The van der Waals surface area contributed by atoms with Crippen molar-refractivity contribution in [3.05, 3.63) is 53.1 Å². The zero-order valence-corrected chi connectivity index (χ0v) is 12.5. The van der Waals surface area contributed by atoms with Crippen molar-refractivity contribution >= 4 is 22.9 Å². The third kappa shape index (κ3) is 3.51. The number of nitrogens with zero attached hydrogens (tertiary/aromatic N) is 2. The van der Waals surface area contributed by atoms with Crippen LogP contribution < -0.4 is 11.1 Å². The van der Waals surface area contributed by atoms with Crippen LogP contribution in [0.5, 0.6) is 0 Å². The molecule has 2 rings (SSSR count). The summed E-state index contributed by atoms with van der Waals surface area (Å²) < 4.78 is 0. The molecule has 2 aromatic rings.